The van der Waals surface area contributed by atoms with Gasteiger partial charge in [-0.1, -0.05) is 6.07 Å². The van der Waals surface area contributed by atoms with Crippen LogP contribution in [0.15, 0.2) is 18.2 Å². The summed E-state index contributed by atoms with van der Waals surface area (Å²) in [6, 6.07) is 4.14. The molecule has 9 nitrogen and oxygen atoms in total. The van der Waals surface area contributed by atoms with Crippen molar-refractivity contribution < 1.29 is 34.6 Å². The van der Waals surface area contributed by atoms with Crippen LogP contribution in [0.2, 0.25) is 0 Å². The highest BCUT2D eigenvalue weighted by Gasteiger charge is 2.40. The van der Waals surface area contributed by atoms with Crippen molar-refractivity contribution in [2.75, 3.05) is 26.2 Å². The second-order valence-corrected chi connectivity index (χ2v) is 10.2. The Morgan fingerprint density at radius 2 is 1.21 bits per heavy atom. The van der Waals surface area contributed by atoms with Gasteiger partial charge in [0.05, 0.1) is 31.1 Å². The van der Waals surface area contributed by atoms with E-state index in [0.717, 1.165) is 51.9 Å². The Balaban J connectivity index is 1.83. The monoisotopic (exact) mass is 463 g/mol. The van der Waals surface area contributed by atoms with E-state index < -0.39 is 33.8 Å². The lowest BCUT2D eigenvalue weighted by atomic mass is 9.83. The molecule has 1 aromatic carbocycles. The van der Waals surface area contributed by atoms with Gasteiger partial charge in [0, 0.05) is 37.5 Å². The zero-order valence-corrected chi connectivity index (χ0v) is 20.1. The minimum Gasteiger partial charge on any atom is -0.456 e. The van der Waals surface area contributed by atoms with Crippen molar-refractivity contribution in [1.29, 1.82) is 0 Å². The Labute approximate surface area is 194 Å². The predicted octanol–water partition coefficient (Wildman–Crippen LogP) is 1.41. The molecule has 0 amide bonds. The van der Waals surface area contributed by atoms with Crippen LogP contribution in [0.1, 0.15) is 74.1 Å². The maximum atomic E-state index is 13.0. The molecule has 1 aromatic rings. The second kappa shape index (κ2) is 10.2. The molecule has 2 heterocycles. The van der Waals surface area contributed by atoms with Gasteiger partial charge in [-0.25, -0.2) is 9.59 Å². The molecule has 0 radical (unpaired) electrons. The van der Waals surface area contributed by atoms with Crippen LogP contribution in [0.25, 0.3) is 0 Å². The van der Waals surface area contributed by atoms with Crippen LogP contribution in [-0.4, -0.2) is 54.2 Å². The van der Waals surface area contributed by atoms with Gasteiger partial charge in [0.25, 0.3) is 5.69 Å². The molecule has 0 saturated carbocycles. The maximum Gasteiger partial charge on any atom is 0.345 e. The first-order chi connectivity index (χ1) is 15.5. The molecule has 0 unspecified atom stereocenters. The number of nitro groups is 1. The van der Waals surface area contributed by atoms with Gasteiger partial charge in [-0.05, 0) is 39.8 Å². The number of quaternary nitrogens is 2. The molecule has 4 N–H and O–H groups in total. The first kappa shape index (κ1) is 25.1. The summed E-state index contributed by atoms with van der Waals surface area (Å²) in [6.07, 6.45) is 3.62. The molecule has 0 atom stereocenters. The molecule has 2 aliphatic rings. The van der Waals surface area contributed by atoms with Crippen molar-refractivity contribution in [3.05, 3.63) is 39.4 Å². The average molecular weight is 464 g/mol. The van der Waals surface area contributed by atoms with Crippen molar-refractivity contribution in [3.8, 4) is 0 Å². The first-order valence-electron chi connectivity index (χ1n) is 11.9. The van der Waals surface area contributed by atoms with Crippen LogP contribution in [0.5, 0.6) is 0 Å². The van der Waals surface area contributed by atoms with Gasteiger partial charge in [-0.2, -0.15) is 0 Å². The number of carbonyl (C=O) groups excluding carboxylic acids is 2. The van der Waals surface area contributed by atoms with Crippen molar-refractivity contribution in [2.45, 2.75) is 64.6 Å². The normalized spacial score (nSPS) is 18.5. The zero-order chi connectivity index (χ0) is 24.2. The van der Waals surface area contributed by atoms with Crippen LogP contribution in [0.4, 0.5) is 5.69 Å². The summed E-state index contributed by atoms with van der Waals surface area (Å²) in [6.45, 7) is 11.2. The van der Waals surface area contributed by atoms with Gasteiger partial charge < -0.3 is 20.1 Å². The summed E-state index contributed by atoms with van der Waals surface area (Å²) in [7, 11) is 0. The smallest absolute Gasteiger partial charge is 0.345 e. The van der Waals surface area contributed by atoms with Crippen molar-refractivity contribution in [2.24, 2.45) is 11.8 Å². The lowest BCUT2D eigenvalue weighted by Crippen LogP contribution is -2.86. The second-order valence-electron chi connectivity index (χ2n) is 10.2. The minimum atomic E-state index is -0.794. The van der Waals surface area contributed by atoms with E-state index in [2.05, 4.69) is 10.6 Å². The molecule has 0 aliphatic carbocycles. The molecular formula is C24H37N3O6+2. The highest BCUT2D eigenvalue weighted by atomic mass is 16.6. The minimum absolute atomic E-state index is 0.173. The van der Waals surface area contributed by atoms with Crippen molar-refractivity contribution in [3.63, 3.8) is 0 Å². The quantitative estimate of drug-likeness (QED) is 0.357. The standard InChI is InChI=1S/C24H35N3O6/c1-23(2,16-8-12-25-13-9-16)32-21(28)18-6-5-7-19(20(18)27(30)31)22(29)33-24(3,4)17-10-14-26-15-11-17/h5-7,16-17,25-26H,8-15H2,1-4H3/p+2. The molecule has 2 saturated heterocycles. The third-order valence-electron chi connectivity index (χ3n) is 7.21. The van der Waals surface area contributed by atoms with Gasteiger partial charge in [0.2, 0.25) is 0 Å². The van der Waals surface area contributed by atoms with Crippen LogP contribution in [-0.2, 0) is 9.47 Å². The van der Waals surface area contributed by atoms with Gasteiger partial charge in [-0.15, -0.1) is 0 Å². The van der Waals surface area contributed by atoms with E-state index in [9.17, 15) is 19.7 Å². The number of carbonyl (C=O) groups is 2. The number of rotatable bonds is 7. The molecule has 3 rings (SSSR count). The van der Waals surface area contributed by atoms with E-state index in [1.54, 1.807) is 0 Å². The summed E-state index contributed by atoms with van der Waals surface area (Å²) in [4.78, 5) is 37.4. The molecular weight excluding hydrogens is 426 g/mol. The van der Waals surface area contributed by atoms with Gasteiger partial charge >= 0.3 is 11.9 Å². The van der Waals surface area contributed by atoms with E-state index >= 15 is 0 Å². The van der Waals surface area contributed by atoms with Crippen LogP contribution < -0.4 is 10.6 Å². The Hall–Kier alpha value is -2.52. The van der Waals surface area contributed by atoms with E-state index in [0.29, 0.717) is 0 Å². The first-order valence-corrected chi connectivity index (χ1v) is 11.9. The molecule has 182 valence electrons. The lowest BCUT2D eigenvalue weighted by Gasteiger charge is -2.35. The van der Waals surface area contributed by atoms with Gasteiger partial charge in [-0.3, -0.25) is 10.1 Å². The van der Waals surface area contributed by atoms with Crippen molar-refractivity contribution in [1.82, 2.24) is 0 Å². The Morgan fingerprint density at radius 3 is 1.55 bits per heavy atom. The number of ether oxygens (including phenoxy) is 2. The van der Waals surface area contributed by atoms with Crippen molar-refractivity contribution >= 4 is 17.6 Å². The number of piperidine rings is 2. The fraction of sp³-hybridized carbons (Fsp3) is 0.667. The number of nitro benzene ring substituents is 1. The predicted molar refractivity (Wildman–Crippen MR) is 121 cm³/mol. The largest absolute Gasteiger partial charge is 0.456 e. The molecule has 2 aliphatic heterocycles. The highest BCUT2D eigenvalue weighted by Crippen LogP contribution is 2.34. The summed E-state index contributed by atoms with van der Waals surface area (Å²) >= 11 is 0. The fourth-order valence-electron chi connectivity index (χ4n) is 5.07. The molecule has 0 bridgehead atoms. The van der Waals surface area contributed by atoms with Crippen LogP contribution in [0.3, 0.4) is 0 Å². The van der Waals surface area contributed by atoms with Gasteiger partial charge in [0.1, 0.15) is 22.3 Å². The number of hydrogen-bond acceptors (Lipinski definition) is 6. The molecule has 2 fully saturated rings. The molecule has 0 spiro atoms. The van der Waals surface area contributed by atoms with E-state index in [1.165, 1.54) is 18.2 Å². The molecule has 9 heteroatoms. The average Bonchev–Trinajstić information content (AvgIpc) is 2.79. The third kappa shape index (κ3) is 5.89. The van der Waals surface area contributed by atoms with Gasteiger partial charge in [0.15, 0.2) is 0 Å². The Kier molecular flexibility index (Phi) is 7.74. The van der Waals surface area contributed by atoms with E-state index in [-0.39, 0.29) is 23.0 Å². The lowest BCUT2D eigenvalue weighted by molar-refractivity contribution is -0.666. The van der Waals surface area contributed by atoms with Crippen LogP contribution >= 0.6 is 0 Å². The topological polar surface area (TPSA) is 129 Å². The number of hydrogen-bond donors (Lipinski definition) is 2. The number of esters is 2. The fourth-order valence-corrected chi connectivity index (χ4v) is 5.07. The zero-order valence-electron chi connectivity index (χ0n) is 20.1. The number of nitrogens with zero attached hydrogens (tertiary/aromatic N) is 1. The third-order valence-corrected chi connectivity index (χ3v) is 7.21. The summed E-state index contributed by atoms with van der Waals surface area (Å²) in [5.41, 5.74) is -2.55. The summed E-state index contributed by atoms with van der Waals surface area (Å²) in [5, 5.41) is 16.4. The van der Waals surface area contributed by atoms with Crippen LogP contribution in [0, 0.1) is 22.0 Å². The molecule has 0 aromatic heterocycles. The van der Waals surface area contributed by atoms with E-state index in [4.69, 9.17) is 9.47 Å². The summed E-state index contributed by atoms with van der Waals surface area (Å²) < 4.78 is 11.5. The molecule has 33 heavy (non-hydrogen) atoms. The number of para-hydroxylation sites is 1. The van der Waals surface area contributed by atoms with E-state index in [1.807, 2.05) is 27.7 Å². The number of nitrogens with two attached hydrogens (primary N) is 2. The summed E-state index contributed by atoms with van der Waals surface area (Å²) in [5.74, 6) is -1.24. The highest BCUT2D eigenvalue weighted by molar-refractivity contribution is 6.02. The Bertz CT molecular complexity index is 824. The number of benzene rings is 1. The Morgan fingerprint density at radius 1 is 0.848 bits per heavy atom. The maximum absolute atomic E-state index is 13.0. The SMILES string of the molecule is CC(C)(OC(=O)c1cccc(C(=O)OC(C)(C)C2CC[NH2+]CC2)c1[N+](=O)[O-])C1CC[NH2+]CC1.